The minimum absolute atomic E-state index is 0.0589. The highest BCUT2D eigenvalue weighted by molar-refractivity contribution is 6.33. The molecule has 0 fully saturated rings. The third kappa shape index (κ3) is 3.82. The van der Waals surface area contributed by atoms with Gasteiger partial charge in [0.05, 0.1) is 28.8 Å². The summed E-state index contributed by atoms with van der Waals surface area (Å²) in [5.41, 5.74) is 1.14. The van der Waals surface area contributed by atoms with Crippen LogP contribution in [0.2, 0.25) is 5.02 Å². The Morgan fingerprint density at radius 2 is 2.10 bits per heavy atom. The van der Waals surface area contributed by atoms with E-state index in [0.29, 0.717) is 23.5 Å². The van der Waals surface area contributed by atoms with E-state index in [-0.39, 0.29) is 10.7 Å². The van der Waals surface area contributed by atoms with Gasteiger partial charge in [0.15, 0.2) is 0 Å². The van der Waals surface area contributed by atoms with Crippen molar-refractivity contribution < 1.29 is 14.1 Å². The molecule has 110 valence electrons. The number of halogens is 2. The van der Waals surface area contributed by atoms with Crippen LogP contribution in [0.5, 0.6) is 5.75 Å². The fourth-order valence-corrected chi connectivity index (χ4v) is 2.03. The zero-order valence-corrected chi connectivity index (χ0v) is 11.9. The van der Waals surface area contributed by atoms with Gasteiger partial charge in [-0.05, 0) is 29.8 Å². The first-order valence-electron chi connectivity index (χ1n) is 6.01. The van der Waals surface area contributed by atoms with Gasteiger partial charge in [-0.1, -0.05) is 11.6 Å². The molecular weight excluding hydrogens is 299 g/mol. The van der Waals surface area contributed by atoms with Gasteiger partial charge in [0, 0.05) is 12.6 Å². The summed E-state index contributed by atoms with van der Waals surface area (Å²) in [6.45, 7) is 0.295. The molecule has 0 spiro atoms. The number of methoxy groups -OCH3 is 1. The Morgan fingerprint density at radius 3 is 2.71 bits per heavy atom. The van der Waals surface area contributed by atoms with E-state index in [9.17, 15) is 14.5 Å². The fraction of sp³-hybridized carbons (Fsp3) is 0.143. The number of nitrogens with one attached hydrogen (secondary N) is 1. The molecule has 0 aliphatic rings. The number of hydrogen-bond donors (Lipinski definition) is 1. The fourth-order valence-electron chi connectivity index (χ4n) is 1.80. The van der Waals surface area contributed by atoms with Crippen LogP contribution in [-0.2, 0) is 6.54 Å². The van der Waals surface area contributed by atoms with Gasteiger partial charge in [-0.25, -0.2) is 4.39 Å². The maximum atomic E-state index is 12.9. The second kappa shape index (κ2) is 6.41. The molecule has 21 heavy (non-hydrogen) atoms. The summed E-state index contributed by atoms with van der Waals surface area (Å²) in [7, 11) is 1.44. The normalized spacial score (nSPS) is 10.2. The van der Waals surface area contributed by atoms with Crippen molar-refractivity contribution in [1.82, 2.24) is 0 Å². The average Bonchev–Trinajstić information content (AvgIpc) is 2.46. The van der Waals surface area contributed by atoms with Gasteiger partial charge in [-0.2, -0.15) is 0 Å². The number of rotatable bonds is 5. The van der Waals surface area contributed by atoms with Gasteiger partial charge in [0.1, 0.15) is 11.6 Å². The second-order valence-electron chi connectivity index (χ2n) is 4.27. The predicted octanol–water partition coefficient (Wildman–Crippen LogP) is 4.01. The molecule has 0 heterocycles. The summed E-state index contributed by atoms with van der Waals surface area (Å²) in [5, 5.41) is 14.1. The number of hydrogen-bond acceptors (Lipinski definition) is 4. The third-order valence-corrected chi connectivity index (χ3v) is 3.12. The molecule has 2 rings (SSSR count). The van der Waals surface area contributed by atoms with Gasteiger partial charge in [0.25, 0.3) is 5.69 Å². The molecule has 0 aliphatic carbocycles. The first-order chi connectivity index (χ1) is 9.99. The molecule has 1 N–H and O–H groups in total. The van der Waals surface area contributed by atoms with Gasteiger partial charge in [-0.15, -0.1) is 0 Å². The molecule has 0 amide bonds. The summed E-state index contributed by atoms with van der Waals surface area (Å²) < 4.78 is 18.0. The molecule has 5 nitrogen and oxygen atoms in total. The lowest BCUT2D eigenvalue weighted by Crippen LogP contribution is -2.02. The molecule has 0 saturated heterocycles. The minimum atomic E-state index is -0.489. The molecular formula is C14H12ClFN2O3. The van der Waals surface area contributed by atoms with Crippen molar-refractivity contribution >= 4 is 23.0 Å². The molecule has 0 radical (unpaired) electrons. The Hall–Kier alpha value is -2.34. The second-order valence-corrected chi connectivity index (χ2v) is 4.68. The third-order valence-electron chi connectivity index (χ3n) is 2.81. The first kappa shape index (κ1) is 15.1. The Bertz CT molecular complexity index is 679. The van der Waals surface area contributed by atoms with Crippen molar-refractivity contribution in [1.29, 1.82) is 0 Å². The standard InChI is InChI=1S/C14H12ClFN2O3/c1-21-12-5-9(4-11(7-12)18(19)20)8-17-14-3-2-10(16)6-13(14)15/h2-7,17H,8H2,1H3. The van der Waals surface area contributed by atoms with Crippen LogP contribution >= 0.6 is 11.6 Å². The maximum absolute atomic E-state index is 12.9. The summed E-state index contributed by atoms with van der Waals surface area (Å²) >= 11 is 5.90. The summed E-state index contributed by atoms with van der Waals surface area (Å²) in [6, 6.07) is 8.44. The van der Waals surface area contributed by atoms with Crippen LogP contribution in [0.15, 0.2) is 36.4 Å². The first-order valence-corrected chi connectivity index (χ1v) is 6.38. The monoisotopic (exact) mass is 310 g/mol. The van der Waals surface area contributed by atoms with E-state index in [0.717, 1.165) is 0 Å². The van der Waals surface area contributed by atoms with Gasteiger partial charge < -0.3 is 10.1 Å². The van der Waals surface area contributed by atoms with Crippen molar-refractivity contribution in [2.75, 3.05) is 12.4 Å². The minimum Gasteiger partial charge on any atom is -0.496 e. The quantitative estimate of drug-likeness (QED) is 0.669. The highest BCUT2D eigenvalue weighted by Gasteiger charge is 2.10. The van der Waals surface area contributed by atoms with Crippen LogP contribution in [0.3, 0.4) is 0 Å². The van der Waals surface area contributed by atoms with Crippen LogP contribution in [0.1, 0.15) is 5.56 Å². The Labute approximate surface area is 125 Å². The van der Waals surface area contributed by atoms with E-state index in [1.807, 2.05) is 0 Å². The lowest BCUT2D eigenvalue weighted by molar-refractivity contribution is -0.385. The highest BCUT2D eigenvalue weighted by atomic mass is 35.5. The predicted molar refractivity (Wildman–Crippen MR) is 78.4 cm³/mol. The van der Waals surface area contributed by atoms with Crippen LogP contribution in [0.4, 0.5) is 15.8 Å². The van der Waals surface area contributed by atoms with Crippen molar-refractivity contribution in [3.8, 4) is 5.75 Å². The summed E-state index contributed by atoms with van der Waals surface area (Å²) in [5.74, 6) is -0.0335. The molecule has 2 aromatic rings. The van der Waals surface area contributed by atoms with Crippen molar-refractivity contribution in [3.63, 3.8) is 0 Å². The van der Waals surface area contributed by atoms with E-state index < -0.39 is 10.7 Å². The van der Waals surface area contributed by atoms with E-state index in [4.69, 9.17) is 16.3 Å². The molecule has 0 bridgehead atoms. The average molecular weight is 311 g/mol. The van der Waals surface area contributed by atoms with E-state index >= 15 is 0 Å². The number of nitrogens with zero attached hydrogens (tertiary/aromatic N) is 1. The Kier molecular flexibility index (Phi) is 4.59. The maximum Gasteiger partial charge on any atom is 0.273 e. The van der Waals surface area contributed by atoms with Gasteiger partial charge in [0.2, 0.25) is 0 Å². The highest BCUT2D eigenvalue weighted by Crippen LogP contribution is 2.26. The van der Waals surface area contributed by atoms with Crippen LogP contribution in [0, 0.1) is 15.9 Å². The SMILES string of the molecule is COc1cc(CNc2ccc(F)cc2Cl)cc([N+](=O)[O-])c1. The number of ether oxygens (including phenoxy) is 1. The topological polar surface area (TPSA) is 64.4 Å². The molecule has 7 heteroatoms. The number of anilines is 1. The summed E-state index contributed by atoms with van der Waals surface area (Å²) in [6.07, 6.45) is 0. The van der Waals surface area contributed by atoms with Crippen molar-refractivity contribution in [3.05, 3.63) is 62.9 Å². The zero-order chi connectivity index (χ0) is 15.4. The molecule has 0 unspecified atom stereocenters. The molecule has 0 saturated carbocycles. The van der Waals surface area contributed by atoms with Crippen molar-refractivity contribution in [2.24, 2.45) is 0 Å². The van der Waals surface area contributed by atoms with Crippen LogP contribution < -0.4 is 10.1 Å². The van der Waals surface area contributed by atoms with E-state index in [1.54, 1.807) is 6.07 Å². The summed E-state index contributed by atoms with van der Waals surface area (Å²) in [4.78, 5) is 10.4. The van der Waals surface area contributed by atoms with E-state index in [2.05, 4.69) is 5.32 Å². The molecule has 2 aromatic carbocycles. The van der Waals surface area contributed by atoms with Crippen LogP contribution in [0.25, 0.3) is 0 Å². The number of non-ortho nitro benzene ring substituents is 1. The molecule has 0 aliphatic heterocycles. The number of benzene rings is 2. The number of nitro benzene ring substituents is 1. The smallest absolute Gasteiger partial charge is 0.273 e. The molecule has 0 aromatic heterocycles. The Morgan fingerprint density at radius 1 is 1.33 bits per heavy atom. The lowest BCUT2D eigenvalue weighted by Gasteiger charge is -2.09. The molecule has 0 atom stereocenters. The van der Waals surface area contributed by atoms with Gasteiger partial charge in [-0.3, -0.25) is 10.1 Å². The largest absolute Gasteiger partial charge is 0.496 e. The van der Waals surface area contributed by atoms with Gasteiger partial charge >= 0.3 is 0 Å². The van der Waals surface area contributed by atoms with Crippen LogP contribution in [-0.4, -0.2) is 12.0 Å². The van der Waals surface area contributed by atoms with E-state index in [1.165, 1.54) is 37.4 Å². The van der Waals surface area contributed by atoms with Crippen molar-refractivity contribution in [2.45, 2.75) is 6.54 Å². The number of nitro groups is 1. The lowest BCUT2D eigenvalue weighted by atomic mass is 10.2. The zero-order valence-electron chi connectivity index (χ0n) is 11.1. The Balaban J connectivity index is 2.19.